The Morgan fingerprint density at radius 1 is 1.45 bits per heavy atom. The molecule has 4 nitrogen and oxygen atoms in total. The van der Waals surface area contributed by atoms with Crippen molar-refractivity contribution in [3.8, 4) is 0 Å². The maximum atomic E-state index is 13.5. The Labute approximate surface area is 127 Å². The molecule has 1 aliphatic heterocycles. The van der Waals surface area contributed by atoms with Gasteiger partial charge in [0.1, 0.15) is 5.82 Å². The van der Waals surface area contributed by atoms with Gasteiger partial charge in [-0.1, -0.05) is 6.92 Å². The lowest BCUT2D eigenvalue weighted by Gasteiger charge is -2.35. The van der Waals surface area contributed by atoms with Crippen LogP contribution in [0.4, 0.5) is 4.39 Å². The van der Waals surface area contributed by atoms with Crippen LogP contribution in [0.25, 0.3) is 0 Å². The molecule has 7 heteroatoms. The van der Waals surface area contributed by atoms with E-state index in [-0.39, 0.29) is 15.5 Å². The van der Waals surface area contributed by atoms with E-state index in [1.54, 1.807) is 7.11 Å². The molecule has 0 aromatic heterocycles. The number of halogens is 2. The Morgan fingerprint density at radius 3 is 2.75 bits per heavy atom. The average Bonchev–Trinajstić information content (AvgIpc) is 2.42. The highest BCUT2D eigenvalue weighted by molar-refractivity contribution is 9.10. The van der Waals surface area contributed by atoms with E-state index in [4.69, 9.17) is 4.74 Å². The third kappa shape index (κ3) is 3.05. The van der Waals surface area contributed by atoms with Gasteiger partial charge >= 0.3 is 0 Å². The minimum absolute atomic E-state index is 0.0254. The Hall–Kier alpha value is -0.500. The summed E-state index contributed by atoms with van der Waals surface area (Å²) >= 11 is 3.02. The molecule has 0 radical (unpaired) electrons. The largest absolute Gasteiger partial charge is 0.380 e. The first-order valence-corrected chi connectivity index (χ1v) is 8.57. The van der Waals surface area contributed by atoms with Crippen LogP contribution in [0.15, 0.2) is 27.6 Å². The molecule has 0 aliphatic carbocycles. The van der Waals surface area contributed by atoms with Crippen molar-refractivity contribution in [2.75, 3.05) is 20.2 Å². The molecule has 1 saturated heterocycles. The SMILES string of the molecule is COC1CN(S(=O)(=O)c2ccc(Br)c(F)c2)CCC1C. The normalized spacial score (nSPS) is 24.8. The summed E-state index contributed by atoms with van der Waals surface area (Å²) in [5.41, 5.74) is 0. The molecule has 0 saturated carbocycles. The lowest BCUT2D eigenvalue weighted by Crippen LogP contribution is -2.46. The summed E-state index contributed by atoms with van der Waals surface area (Å²) < 4.78 is 45.5. The van der Waals surface area contributed by atoms with Gasteiger partial charge in [-0.2, -0.15) is 4.31 Å². The molecule has 0 N–H and O–H groups in total. The van der Waals surface area contributed by atoms with Gasteiger partial charge < -0.3 is 4.74 Å². The number of hydrogen-bond acceptors (Lipinski definition) is 3. The number of benzene rings is 1. The van der Waals surface area contributed by atoms with E-state index in [1.165, 1.54) is 16.4 Å². The summed E-state index contributed by atoms with van der Waals surface area (Å²) in [5.74, 6) is -0.271. The molecular formula is C13H17BrFNO3S. The van der Waals surface area contributed by atoms with Crippen molar-refractivity contribution in [1.29, 1.82) is 0 Å². The van der Waals surface area contributed by atoms with Crippen molar-refractivity contribution in [3.63, 3.8) is 0 Å². The zero-order chi connectivity index (χ0) is 14.9. The average molecular weight is 366 g/mol. The van der Waals surface area contributed by atoms with Crippen molar-refractivity contribution in [2.45, 2.75) is 24.3 Å². The van der Waals surface area contributed by atoms with Crippen LogP contribution >= 0.6 is 15.9 Å². The first-order valence-electron chi connectivity index (χ1n) is 6.34. The molecular weight excluding hydrogens is 349 g/mol. The van der Waals surface area contributed by atoms with Crippen molar-refractivity contribution < 1.29 is 17.5 Å². The van der Waals surface area contributed by atoms with Gasteiger partial charge in [-0.05, 0) is 46.5 Å². The summed E-state index contributed by atoms with van der Waals surface area (Å²) in [4.78, 5) is -0.0254. The molecule has 0 spiro atoms. The highest BCUT2D eigenvalue weighted by Crippen LogP contribution is 2.27. The van der Waals surface area contributed by atoms with E-state index in [0.717, 1.165) is 12.5 Å². The molecule has 20 heavy (non-hydrogen) atoms. The van der Waals surface area contributed by atoms with Gasteiger partial charge in [0.15, 0.2) is 0 Å². The number of hydrogen-bond donors (Lipinski definition) is 0. The lowest BCUT2D eigenvalue weighted by atomic mass is 9.97. The molecule has 1 aromatic rings. The number of rotatable bonds is 3. The van der Waals surface area contributed by atoms with E-state index < -0.39 is 15.8 Å². The molecule has 112 valence electrons. The van der Waals surface area contributed by atoms with Crippen LogP contribution in [0.2, 0.25) is 0 Å². The van der Waals surface area contributed by atoms with Gasteiger partial charge in [-0.15, -0.1) is 0 Å². The maximum Gasteiger partial charge on any atom is 0.243 e. The smallest absolute Gasteiger partial charge is 0.243 e. The van der Waals surface area contributed by atoms with Gasteiger partial charge in [-0.25, -0.2) is 12.8 Å². The maximum absolute atomic E-state index is 13.5. The Balaban J connectivity index is 2.28. The summed E-state index contributed by atoms with van der Waals surface area (Å²) in [6, 6.07) is 3.85. The lowest BCUT2D eigenvalue weighted by molar-refractivity contribution is 0.0184. The molecule has 0 bridgehead atoms. The van der Waals surface area contributed by atoms with Crippen LogP contribution in [-0.2, 0) is 14.8 Å². The zero-order valence-corrected chi connectivity index (χ0v) is 13.7. The topological polar surface area (TPSA) is 46.6 Å². The summed E-state index contributed by atoms with van der Waals surface area (Å²) in [5, 5.41) is 0. The fourth-order valence-corrected chi connectivity index (χ4v) is 4.04. The summed E-state index contributed by atoms with van der Waals surface area (Å²) in [7, 11) is -2.10. The third-order valence-electron chi connectivity index (χ3n) is 3.68. The number of piperidine rings is 1. The predicted molar refractivity (Wildman–Crippen MR) is 77.4 cm³/mol. The fraction of sp³-hybridized carbons (Fsp3) is 0.538. The highest BCUT2D eigenvalue weighted by atomic mass is 79.9. The molecule has 1 fully saturated rings. The van der Waals surface area contributed by atoms with Crippen LogP contribution in [-0.4, -0.2) is 39.0 Å². The van der Waals surface area contributed by atoms with Gasteiger partial charge in [0.25, 0.3) is 0 Å². The molecule has 1 aliphatic rings. The van der Waals surface area contributed by atoms with Crippen molar-refractivity contribution in [1.82, 2.24) is 4.31 Å². The minimum Gasteiger partial charge on any atom is -0.380 e. The van der Waals surface area contributed by atoms with Crippen LogP contribution in [0.5, 0.6) is 0 Å². The monoisotopic (exact) mass is 365 g/mol. The summed E-state index contributed by atoms with van der Waals surface area (Å²) in [6.07, 6.45) is 0.607. The third-order valence-corrected chi connectivity index (χ3v) is 6.19. The van der Waals surface area contributed by atoms with E-state index >= 15 is 0 Å². The van der Waals surface area contributed by atoms with Gasteiger partial charge in [0, 0.05) is 20.2 Å². The second-order valence-electron chi connectivity index (χ2n) is 4.98. The molecule has 0 amide bonds. The van der Waals surface area contributed by atoms with Crippen molar-refractivity contribution >= 4 is 26.0 Å². The van der Waals surface area contributed by atoms with Gasteiger partial charge in [0.05, 0.1) is 15.5 Å². The fourth-order valence-electron chi connectivity index (χ4n) is 2.32. The van der Waals surface area contributed by atoms with Crippen molar-refractivity contribution in [3.05, 3.63) is 28.5 Å². The van der Waals surface area contributed by atoms with Crippen molar-refractivity contribution in [2.24, 2.45) is 5.92 Å². The molecule has 1 heterocycles. The van der Waals surface area contributed by atoms with Crippen LogP contribution < -0.4 is 0 Å². The van der Waals surface area contributed by atoms with E-state index in [0.29, 0.717) is 19.0 Å². The molecule has 2 unspecified atom stereocenters. The Bertz CT molecular complexity index is 593. The zero-order valence-electron chi connectivity index (χ0n) is 11.3. The minimum atomic E-state index is -3.68. The quantitative estimate of drug-likeness (QED) is 0.826. The standard InChI is InChI=1S/C13H17BrFNO3S/c1-9-5-6-16(8-13(9)19-2)20(17,18)10-3-4-11(14)12(15)7-10/h3-4,7,9,13H,5-6,8H2,1-2H3. The number of methoxy groups -OCH3 is 1. The number of sulfonamides is 1. The predicted octanol–water partition coefficient (Wildman–Crippen LogP) is 2.63. The molecule has 2 atom stereocenters. The van der Waals surface area contributed by atoms with E-state index in [2.05, 4.69) is 15.9 Å². The number of nitrogens with zero attached hydrogens (tertiary/aromatic N) is 1. The summed E-state index contributed by atoms with van der Waals surface area (Å²) in [6.45, 7) is 2.77. The van der Waals surface area contributed by atoms with Gasteiger partial charge in [-0.3, -0.25) is 0 Å². The van der Waals surface area contributed by atoms with Crippen LogP contribution in [0.3, 0.4) is 0 Å². The Kier molecular flexibility index (Phi) is 4.84. The van der Waals surface area contributed by atoms with Crippen LogP contribution in [0.1, 0.15) is 13.3 Å². The first kappa shape index (κ1) is 15.9. The van der Waals surface area contributed by atoms with E-state index in [1.807, 2.05) is 6.92 Å². The van der Waals surface area contributed by atoms with Gasteiger partial charge in [0.2, 0.25) is 10.0 Å². The molecule has 2 rings (SSSR count). The number of ether oxygens (including phenoxy) is 1. The van der Waals surface area contributed by atoms with Crippen LogP contribution in [0, 0.1) is 11.7 Å². The Morgan fingerprint density at radius 2 is 2.15 bits per heavy atom. The van der Waals surface area contributed by atoms with E-state index in [9.17, 15) is 12.8 Å². The highest BCUT2D eigenvalue weighted by Gasteiger charge is 2.34. The second kappa shape index (κ2) is 6.09. The second-order valence-corrected chi connectivity index (χ2v) is 7.77. The first-order chi connectivity index (χ1) is 9.36. The molecule has 1 aromatic carbocycles.